The number of esters is 1. The maximum absolute atomic E-state index is 13.3. The van der Waals surface area contributed by atoms with E-state index in [1.54, 1.807) is 60.8 Å². The van der Waals surface area contributed by atoms with Crippen molar-refractivity contribution in [1.82, 2.24) is 14.2 Å². The maximum Gasteiger partial charge on any atom is 0.342 e. The molecule has 0 saturated heterocycles. The maximum atomic E-state index is 13.3. The number of rotatable bonds is 6. The predicted octanol–water partition coefficient (Wildman–Crippen LogP) is 5.16. The van der Waals surface area contributed by atoms with Crippen LogP contribution in [0.4, 0.5) is 0 Å². The molecule has 0 spiro atoms. The van der Waals surface area contributed by atoms with Crippen molar-refractivity contribution >= 4 is 26.9 Å². The Balaban J connectivity index is 1.60. The van der Waals surface area contributed by atoms with Crippen molar-refractivity contribution < 1.29 is 22.7 Å². The number of benzene rings is 3. The molecule has 5 aromatic rings. The number of aromatic amines is 1. The van der Waals surface area contributed by atoms with Gasteiger partial charge in [0.2, 0.25) is 0 Å². The number of hydrogen-bond donors (Lipinski definition) is 1. The molecule has 2 heterocycles. The highest BCUT2D eigenvalue weighted by Gasteiger charge is 2.24. The van der Waals surface area contributed by atoms with Crippen LogP contribution >= 0.6 is 0 Å². The van der Waals surface area contributed by atoms with Crippen molar-refractivity contribution in [3.05, 3.63) is 96.3 Å². The Kier molecular flexibility index (Phi) is 5.62. The second-order valence-corrected chi connectivity index (χ2v) is 9.70. The topological polar surface area (TPSA) is 103 Å². The van der Waals surface area contributed by atoms with Crippen LogP contribution in [0.5, 0.6) is 11.5 Å². The normalized spacial score (nSPS) is 11.5. The van der Waals surface area contributed by atoms with Crippen LogP contribution in [0.1, 0.15) is 15.9 Å². The fourth-order valence-electron chi connectivity index (χ4n) is 3.87. The van der Waals surface area contributed by atoms with E-state index in [4.69, 9.17) is 9.47 Å². The minimum Gasteiger partial charge on any atom is -0.465 e. The van der Waals surface area contributed by atoms with E-state index in [2.05, 4.69) is 10.2 Å². The van der Waals surface area contributed by atoms with E-state index in [1.165, 1.54) is 13.3 Å². The number of nitrogens with one attached hydrogen (secondary N) is 1. The van der Waals surface area contributed by atoms with Crippen molar-refractivity contribution in [2.24, 2.45) is 0 Å². The molecule has 35 heavy (non-hydrogen) atoms. The fourth-order valence-corrected chi connectivity index (χ4v) is 5.22. The Morgan fingerprint density at radius 2 is 1.80 bits per heavy atom. The van der Waals surface area contributed by atoms with E-state index >= 15 is 0 Å². The first-order chi connectivity index (χ1) is 16.9. The van der Waals surface area contributed by atoms with Crippen LogP contribution < -0.4 is 4.74 Å². The second kappa shape index (κ2) is 8.77. The van der Waals surface area contributed by atoms with E-state index < -0.39 is 16.0 Å². The van der Waals surface area contributed by atoms with Gasteiger partial charge in [0.15, 0.2) is 0 Å². The van der Waals surface area contributed by atoms with Crippen LogP contribution in [0.3, 0.4) is 0 Å². The molecule has 0 saturated carbocycles. The minimum atomic E-state index is -3.88. The summed E-state index contributed by atoms with van der Waals surface area (Å²) in [6.45, 7) is 1.89. The lowest BCUT2D eigenvalue weighted by Gasteiger charge is -2.13. The Bertz CT molecular complexity index is 1640. The molecule has 5 rings (SSSR count). The molecule has 0 aliphatic carbocycles. The first-order valence-corrected chi connectivity index (χ1v) is 12.1. The van der Waals surface area contributed by atoms with Crippen LogP contribution in [-0.4, -0.2) is 35.7 Å². The highest BCUT2D eigenvalue weighted by atomic mass is 32.2. The van der Waals surface area contributed by atoms with Crippen LogP contribution in [-0.2, 0) is 14.8 Å². The van der Waals surface area contributed by atoms with Gasteiger partial charge in [-0.1, -0.05) is 29.8 Å². The smallest absolute Gasteiger partial charge is 0.342 e. The Hall–Kier alpha value is -4.37. The Morgan fingerprint density at radius 1 is 1.00 bits per heavy atom. The molecule has 176 valence electrons. The van der Waals surface area contributed by atoms with Gasteiger partial charge in [0.05, 0.1) is 23.2 Å². The molecular weight excluding hydrogens is 466 g/mol. The van der Waals surface area contributed by atoms with Crippen LogP contribution in [0, 0.1) is 6.92 Å². The second-order valence-electron chi connectivity index (χ2n) is 7.88. The van der Waals surface area contributed by atoms with Gasteiger partial charge in [-0.25, -0.2) is 17.2 Å². The van der Waals surface area contributed by atoms with E-state index in [0.29, 0.717) is 16.7 Å². The summed E-state index contributed by atoms with van der Waals surface area (Å²) in [5.74, 6) is 0.0928. The summed E-state index contributed by atoms with van der Waals surface area (Å²) in [6, 6.07) is 20.4. The number of aryl methyl sites for hydroxylation is 1. The summed E-state index contributed by atoms with van der Waals surface area (Å²) in [7, 11) is -2.61. The van der Waals surface area contributed by atoms with Crippen molar-refractivity contribution in [3.63, 3.8) is 0 Å². The zero-order valence-electron chi connectivity index (χ0n) is 18.9. The van der Waals surface area contributed by atoms with Crippen LogP contribution in [0.25, 0.3) is 22.2 Å². The minimum absolute atomic E-state index is 0.132. The Morgan fingerprint density at radius 3 is 2.51 bits per heavy atom. The van der Waals surface area contributed by atoms with Crippen molar-refractivity contribution in [1.29, 1.82) is 0 Å². The average molecular weight is 488 g/mol. The number of carbonyl (C=O) groups is 1. The lowest BCUT2D eigenvalue weighted by molar-refractivity contribution is 0.0600. The van der Waals surface area contributed by atoms with Gasteiger partial charge in [0.1, 0.15) is 17.1 Å². The van der Waals surface area contributed by atoms with Gasteiger partial charge in [-0.3, -0.25) is 5.10 Å². The molecule has 1 N–H and O–H groups in total. The van der Waals surface area contributed by atoms with Gasteiger partial charge < -0.3 is 9.47 Å². The molecule has 2 aromatic heterocycles. The standard InChI is InChI=1S/C26H21N3O5S/c1-17-6-8-20(9-7-17)35(31,32)29-15-13-21-23(29)10-11-24(25(21)26(30)33-2)34-19-5-3-4-18(16-19)22-12-14-27-28-22/h3-16H,1-2H3,(H,27,28). The third kappa shape index (κ3) is 4.06. The summed E-state index contributed by atoms with van der Waals surface area (Å²) in [4.78, 5) is 12.9. The lowest BCUT2D eigenvalue weighted by atomic mass is 10.1. The molecule has 0 bridgehead atoms. The average Bonchev–Trinajstić information content (AvgIpc) is 3.55. The molecule has 0 unspecified atom stereocenters. The van der Waals surface area contributed by atoms with Gasteiger partial charge in [-0.2, -0.15) is 5.10 Å². The molecule has 9 heteroatoms. The Labute approximate surface area is 201 Å². The molecule has 0 amide bonds. The molecule has 3 aromatic carbocycles. The number of carbonyl (C=O) groups excluding carboxylic acids is 1. The number of methoxy groups -OCH3 is 1. The van der Waals surface area contributed by atoms with Gasteiger partial charge in [0.25, 0.3) is 10.0 Å². The lowest BCUT2D eigenvalue weighted by Crippen LogP contribution is -2.12. The molecule has 0 aliphatic rings. The molecular formula is C26H21N3O5S. The summed E-state index contributed by atoms with van der Waals surface area (Å²) < 4.78 is 38.8. The molecule has 0 fully saturated rings. The molecule has 8 nitrogen and oxygen atoms in total. The summed E-state index contributed by atoms with van der Waals surface area (Å²) in [6.07, 6.45) is 3.15. The third-order valence-electron chi connectivity index (χ3n) is 5.62. The van der Waals surface area contributed by atoms with Gasteiger partial charge in [-0.05, 0) is 55.5 Å². The SMILES string of the molecule is COC(=O)c1c(Oc2cccc(-c3cc[nH]n3)c2)ccc2c1ccn2S(=O)(=O)c1ccc(C)cc1. The summed E-state index contributed by atoms with van der Waals surface area (Å²) in [5.41, 5.74) is 3.00. The third-order valence-corrected chi connectivity index (χ3v) is 7.33. The number of ether oxygens (including phenoxy) is 2. The zero-order valence-corrected chi connectivity index (χ0v) is 19.7. The monoisotopic (exact) mass is 487 g/mol. The van der Waals surface area contributed by atoms with Crippen LogP contribution in [0.2, 0.25) is 0 Å². The largest absolute Gasteiger partial charge is 0.465 e. The van der Waals surface area contributed by atoms with Gasteiger partial charge in [-0.15, -0.1) is 0 Å². The van der Waals surface area contributed by atoms with Gasteiger partial charge >= 0.3 is 5.97 Å². The zero-order chi connectivity index (χ0) is 24.6. The molecule has 0 atom stereocenters. The summed E-state index contributed by atoms with van der Waals surface area (Å²) in [5, 5.41) is 7.35. The van der Waals surface area contributed by atoms with Crippen molar-refractivity contribution in [2.45, 2.75) is 11.8 Å². The van der Waals surface area contributed by atoms with Gasteiger partial charge in [0, 0.05) is 23.3 Å². The van der Waals surface area contributed by atoms with E-state index in [-0.39, 0.29) is 16.2 Å². The first-order valence-electron chi connectivity index (χ1n) is 10.7. The molecule has 0 aliphatic heterocycles. The number of fused-ring (bicyclic) bond motifs is 1. The fraction of sp³-hybridized carbons (Fsp3) is 0.0769. The molecule has 0 radical (unpaired) electrons. The quantitative estimate of drug-likeness (QED) is 0.332. The highest BCUT2D eigenvalue weighted by molar-refractivity contribution is 7.90. The number of nitrogens with zero attached hydrogens (tertiary/aromatic N) is 2. The van der Waals surface area contributed by atoms with Crippen LogP contribution in [0.15, 0.2) is 90.1 Å². The number of H-pyrrole nitrogens is 1. The number of hydrogen-bond acceptors (Lipinski definition) is 6. The highest BCUT2D eigenvalue weighted by Crippen LogP contribution is 2.35. The first kappa shape index (κ1) is 22.4. The number of aromatic nitrogens is 3. The predicted molar refractivity (Wildman–Crippen MR) is 131 cm³/mol. The van der Waals surface area contributed by atoms with E-state index in [0.717, 1.165) is 20.8 Å². The van der Waals surface area contributed by atoms with Crippen molar-refractivity contribution in [3.8, 4) is 22.8 Å². The van der Waals surface area contributed by atoms with E-state index in [9.17, 15) is 13.2 Å². The summed E-state index contributed by atoms with van der Waals surface area (Å²) >= 11 is 0. The van der Waals surface area contributed by atoms with Crippen molar-refractivity contribution in [2.75, 3.05) is 7.11 Å². The van der Waals surface area contributed by atoms with E-state index in [1.807, 2.05) is 25.1 Å².